The second-order valence-electron chi connectivity index (χ2n) is 14.8. The van der Waals surface area contributed by atoms with Gasteiger partial charge in [-0.1, -0.05) is 20.1 Å². The van der Waals surface area contributed by atoms with Crippen LogP contribution in [0.4, 0.5) is 0 Å². The van der Waals surface area contributed by atoms with Crippen molar-refractivity contribution in [1.29, 1.82) is 0 Å². The van der Waals surface area contributed by atoms with E-state index in [-0.39, 0.29) is 65.7 Å². The second kappa shape index (κ2) is 24.6. The van der Waals surface area contributed by atoms with E-state index in [1.54, 1.807) is 0 Å². The molecule has 12 nitrogen and oxygen atoms in total. The van der Waals surface area contributed by atoms with Crippen molar-refractivity contribution < 1.29 is 57.2 Å². The van der Waals surface area contributed by atoms with Gasteiger partial charge >= 0.3 is 35.8 Å². The van der Waals surface area contributed by atoms with Gasteiger partial charge in [-0.3, -0.25) is 19.2 Å². The third kappa shape index (κ3) is 16.5. The summed E-state index contributed by atoms with van der Waals surface area (Å²) in [5.74, 6) is -2.43. The minimum atomic E-state index is -0.419. The van der Waals surface area contributed by atoms with E-state index in [4.69, 9.17) is 28.4 Å². The minimum Gasteiger partial charge on any atom is -0.465 e. The van der Waals surface area contributed by atoms with Crippen molar-refractivity contribution in [2.75, 3.05) is 26.4 Å². The lowest BCUT2D eigenvalue weighted by Crippen LogP contribution is -2.39. The first-order valence-electron chi connectivity index (χ1n) is 19.9. The third-order valence-corrected chi connectivity index (χ3v) is 10.8. The van der Waals surface area contributed by atoms with Crippen LogP contribution in [0.5, 0.6) is 0 Å². The molecule has 53 heavy (non-hydrogen) atoms. The number of rotatable bonds is 22. The molecule has 3 saturated carbocycles. The Morgan fingerprint density at radius 2 is 0.830 bits per heavy atom. The zero-order valence-corrected chi connectivity index (χ0v) is 31.8. The predicted octanol–water partition coefficient (Wildman–Crippen LogP) is 6.91. The molecule has 0 aromatic rings. The number of hydrogen-bond acceptors (Lipinski definition) is 12. The summed E-state index contributed by atoms with van der Waals surface area (Å²) in [7, 11) is 0. The highest BCUT2D eigenvalue weighted by Gasteiger charge is 2.38. The van der Waals surface area contributed by atoms with E-state index in [2.05, 4.69) is 13.2 Å². The first-order valence-corrected chi connectivity index (χ1v) is 19.9. The van der Waals surface area contributed by atoms with E-state index in [1.807, 2.05) is 6.92 Å². The van der Waals surface area contributed by atoms with E-state index in [1.165, 1.54) is 0 Å². The van der Waals surface area contributed by atoms with Gasteiger partial charge in [0.2, 0.25) is 0 Å². The Morgan fingerprint density at radius 1 is 0.472 bits per heavy atom. The van der Waals surface area contributed by atoms with Crippen LogP contribution in [0.1, 0.15) is 129 Å². The van der Waals surface area contributed by atoms with Crippen LogP contribution in [0.3, 0.4) is 0 Å². The average molecular weight is 747 g/mol. The number of ether oxygens (including phenoxy) is 6. The predicted molar refractivity (Wildman–Crippen MR) is 195 cm³/mol. The SMILES string of the molecule is C=CC(=O)OCCCCCCOC(=O)C1CCC(C(=O)OC2CCC(OC(=O)C3CCC(C(=O)OCCCCCCOC(=O)C=C)CC3)C(C)C2)CC1. The molecule has 0 aliphatic heterocycles. The molecule has 0 N–H and O–H groups in total. The topological polar surface area (TPSA) is 158 Å². The normalized spacial score (nSPS) is 25.6. The summed E-state index contributed by atoms with van der Waals surface area (Å²) in [6.07, 6.45) is 15.1. The summed E-state index contributed by atoms with van der Waals surface area (Å²) in [6, 6.07) is 0. The van der Waals surface area contributed by atoms with Crippen molar-refractivity contribution in [3.63, 3.8) is 0 Å². The van der Waals surface area contributed by atoms with Crippen LogP contribution in [0.2, 0.25) is 0 Å². The molecule has 0 amide bonds. The molecule has 298 valence electrons. The van der Waals surface area contributed by atoms with Gasteiger partial charge in [-0.05, 0) is 128 Å². The van der Waals surface area contributed by atoms with Gasteiger partial charge < -0.3 is 28.4 Å². The van der Waals surface area contributed by atoms with Crippen molar-refractivity contribution in [2.45, 2.75) is 141 Å². The lowest BCUT2D eigenvalue weighted by atomic mass is 9.81. The van der Waals surface area contributed by atoms with E-state index < -0.39 is 11.9 Å². The van der Waals surface area contributed by atoms with Gasteiger partial charge in [-0.25, -0.2) is 9.59 Å². The van der Waals surface area contributed by atoms with Gasteiger partial charge in [0.25, 0.3) is 0 Å². The van der Waals surface area contributed by atoms with Crippen molar-refractivity contribution in [3.8, 4) is 0 Å². The first kappa shape index (κ1) is 43.7. The van der Waals surface area contributed by atoms with E-state index in [0.717, 1.165) is 63.5 Å². The molecule has 0 aromatic carbocycles. The molecule has 3 aliphatic carbocycles. The maximum absolute atomic E-state index is 13.0. The van der Waals surface area contributed by atoms with Gasteiger partial charge in [0.1, 0.15) is 12.2 Å². The summed E-state index contributed by atoms with van der Waals surface area (Å²) in [4.78, 5) is 73.2. The largest absolute Gasteiger partial charge is 0.465 e. The van der Waals surface area contributed by atoms with Crippen molar-refractivity contribution in [1.82, 2.24) is 0 Å². The first-order chi connectivity index (χ1) is 25.6. The highest BCUT2D eigenvalue weighted by atomic mass is 16.6. The lowest BCUT2D eigenvalue weighted by Gasteiger charge is -2.35. The van der Waals surface area contributed by atoms with Crippen LogP contribution in [-0.2, 0) is 57.2 Å². The Hall–Kier alpha value is -3.70. The van der Waals surface area contributed by atoms with Crippen LogP contribution in [0, 0.1) is 29.6 Å². The molecule has 0 radical (unpaired) electrons. The zero-order valence-electron chi connectivity index (χ0n) is 31.8. The molecule has 0 spiro atoms. The molecular weight excluding hydrogens is 684 g/mol. The summed E-state index contributed by atoms with van der Waals surface area (Å²) in [6.45, 7) is 10.2. The summed E-state index contributed by atoms with van der Waals surface area (Å²) >= 11 is 0. The highest BCUT2D eigenvalue weighted by molar-refractivity contribution is 5.81. The molecule has 3 atom stereocenters. The number of unbranched alkanes of at least 4 members (excludes halogenated alkanes) is 6. The van der Waals surface area contributed by atoms with E-state index >= 15 is 0 Å². The molecule has 3 rings (SSSR count). The molecule has 3 unspecified atom stereocenters. The van der Waals surface area contributed by atoms with Gasteiger partial charge in [0.05, 0.1) is 50.1 Å². The van der Waals surface area contributed by atoms with Crippen LogP contribution in [0.15, 0.2) is 25.3 Å². The second-order valence-corrected chi connectivity index (χ2v) is 14.8. The van der Waals surface area contributed by atoms with Crippen molar-refractivity contribution >= 4 is 35.8 Å². The molecule has 3 aliphatic rings. The van der Waals surface area contributed by atoms with Gasteiger partial charge in [-0.15, -0.1) is 0 Å². The van der Waals surface area contributed by atoms with Crippen LogP contribution < -0.4 is 0 Å². The number of carbonyl (C=O) groups is 6. The molecule has 0 bridgehead atoms. The molecular formula is C41H62O12. The molecule has 0 saturated heterocycles. The van der Waals surface area contributed by atoms with Gasteiger partial charge in [-0.2, -0.15) is 0 Å². The third-order valence-electron chi connectivity index (χ3n) is 10.8. The maximum atomic E-state index is 13.0. The zero-order chi connectivity index (χ0) is 38.4. The quantitative estimate of drug-likeness (QED) is 0.0489. The minimum absolute atomic E-state index is 0.0549. The summed E-state index contributed by atoms with van der Waals surface area (Å²) < 4.78 is 32.7. The standard InChI is InChI=1S/C41H62O12/c1-4-36(42)48-24-10-6-8-12-26-50-38(44)30-14-18-32(19-15-30)40(46)52-34-22-23-35(29(3)28-34)53-41(47)33-20-16-31(17-21-33)39(45)51-27-13-9-7-11-25-49-37(43)5-2/h4-5,29-35H,1-2,6-28H2,3H3. The number of carbonyl (C=O) groups excluding carboxylic acids is 6. The fourth-order valence-electron chi connectivity index (χ4n) is 7.40. The molecule has 12 heteroatoms. The fraction of sp³-hybridized carbons (Fsp3) is 0.756. The van der Waals surface area contributed by atoms with Crippen molar-refractivity contribution in [2.24, 2.45) is 29.6 Å². The fourth-order valence-corrected chi connectivity index (χ4v) is 7.40. The summed E-state index contributed by atoms with van der Waals surface area (Å²) in [5.41, 5.74) is 0. The average Bonchev–Trinajstić information content (AvgIpc) is 3.17. The monoisotopic (exact) mass is 746 g/mol. The van der Waals surface area contributed by atoms with Crippen LogP contribution in [0.25, 0.3) is 0 Å². The Labute approximate surface area is 315 Å². The Morgan fingerprint density at radius 3 is 1.21 bits per heavy atom. The smallest absolute Gasteiger partial charge is 0.330 e. The molecule has 0 aromatic heterocycles. The lowest BCUT2D eigenvalue weighted by molar-refractivity contribution is -0.169. The number of esters is 6. The van der Waals surface area contributed by atoms with Gasteiger partial charge in [0.15, 0.2) is 0 Å². The van der Waals surface area contributed by atoms with Crippen LogP contribution >= 0.6 is 0 Å². The number of hydrogen-bond donors (Lipinski definition) is 0. The van der Waals surface area contributed by atoms with E-state index in [0.29, 0.717) is 97.1 Å². The Bertz CT molecular complexity index is 1200. The molecule has 0 heterocycles. The molecule has 3 fully saturated rings. The van der Waals surface area contributed by atoms with Crippen molar-refractivity contribution in [3.05, 3.63) is 25.3 Å². The van der Waals surface area contributed by atoms with Crippen LogP contribution in [-0.4, -0.2) is 74.5 Å². The van der Waals surface area contributed by atoms with Gasteiger partial charge in [0, 0.05) is 12.2 Å². The Kier molecular flexibility index (Phi) is 20.3. The highest BCUT2D eigenvalue weighted by Crippen LogP contribution is 2.35. The Balaban J connectivity index is 1.22. The summed E-state index contributed by atoms with van der Waals surface area (Å²) in [5, 5.41) is 0. The maximum Gasteiger partial charge on any atom is 0.330 e. The van der Waals surface area contributed by atoms with E-state index in [9.17, 15) is 28.8 Å².